The van der Waals surface area contributed by atoms with Crippen LogP contribution in [0.15, 0.2) is 60.9 Å². The van der Waals surface area contributed by atoms with Crippen LogP contribution in [-0.4, -0.2) is 53.2 Å². The highest BCUT2D eigenvalue weighted by molar-refractivity contribution is 14.1. The molecule has 0 bridgehead atoms. The lowest BCUT2D eigenvalue weighted by Gasteiger charge is -2.25. The van der Waals surface area contributed by atoms with Gasteiger partial charge in [-0.1, -0.05) is 52.9 Å². The van der Waals surface area contributed by atoms with Crippen LogP contribution in [0.1, 0.15) is 39.2 Å². The molecule has 42 heavy (non-hydrogen) atoms. The monoisotopic (exact) mass is 670 g/mol. The van der Waals surface area contributed by atoms with Gasteiger partial charge in [0, 0.05) is 60.8 Å². The highest BCUT2D eigenvalue weighted by Crippen LogP contribution is 2.40. The molecule has 0 spiro atoms. The van der Waals surface area contributed by atoms with Crippen molar-refractivity contribution in [3.05, 3.63) is 88.9 Å². The maximum absolute atomic E-state index is 13.8. The number of benzene rings is 2. The van der Waals surface area contributed by atoms with Gasteiger partial charge in [0.05, 0.1) is 28.0 Å². The lowest BCUT2D eigenvalue weighted by atomic mass is 9.93. The molecule has 0 radical (unpaired) electrons. The van der Waals surface area contributed by atoms with Gasteiger partial charge in [0.15, 0.2) is 5.82 Å². The van der Waals surface area contributed by atoms with Gasteiger partial charge in [0.2, 0.25) is 5.95 Å². The molecule has 212 valence electrons. The van der Waals surface area contributed by atoms with Crippen LogP contribution in [-0.2, 0) is 13.6 Å². The van der Waals surface area contributed by atoms with E-state index in [4.69, 9.17) is 4.98 Å². The number of alkyl halides is 1. The summed E-state index contributed by atoms with van der Waals surface area (Å²) in [5.41, 5.74) is 10.0. The number of rotatable bonds is 6. The number of amides is 1. The Morgan fingerprint density at radius 2 is 1.93 bits per heavy atom. The lowest BCUT2D eigenvalue weighted by molar-refractivity contribution is 0.0997. The van der Waals surface area contributed by atoms with Gasteiger partial charge in [-0.05, 0) is 54.7 Å². The largest absolute Gasteiger partial charge is 0.359 e. The van der Waals surface area contributed by atoms with Gasteiger partial charge in [0.25, 0.3) is 5.91 Å². The van der Waals surface area contributed by atoms with Crippen molar-refractivity contribution in [2.24, 2.45) is 7.05 Å². The van der Waals surface area contributed by atoms with Gasteiger partial charge < -0.3 is 15.2 Å². The first kappa shape index (κ1) is 26.8. The summed E-state index contributed by atoms with van der Waals surface area (Å²) >= 11 is 2.42. The predicted molar refractivity (Wildman–Crippen MR) is 175 cm³/mol. The van der Waals surface area contributed by atoms with Crippen LogP contribution in [0.3, 0.4) is 0 Å². The standard InChI is InChI=1S/C32H31IN8O/c1-19-15-35-32(36-28-14-20(2)39(3)38-28)37-29(19)25-16-34-30-23(25)7-5-9-27(30)41-17-26-22(6-4-8-24(26)31(41)42)21-10-12-40(18-33)13-11-21/h4-10,14-16,34H,11-13,17-18H2,1-3H3,(H,35,36,37,38). The minimum atomic E-state index is 0.0381. The predicted octanol–water partition coefficient (Wildman–Crippen LogP) is 6.36. The average Bonchev–Trinajstić information content (AvgIpc) is 3.68. The number of nitrogens with zero attached hydrogens (tertiary/aromatic N) is 6. The minimum absolute atomic E-state index is 0.0381. The highest BCUT2D eigenvalue weighted by atomic mass is 127. The molecule has 2 aliphatic rings. The van der Waals surface area contributed by atoms with Crippen LogP contribution in [0.4, 0.5) is 17.5 Å². The van der Waals surface area contributed by atoms with E-state index < -0.39 is 0 Å². The molecule has 0 saturated heterocycles. The van der Waals surface area contributed by atoms with Gasteiger partial charge in [-0.2, -0.15) is 5.10 Å². The summed E-state index contributed by atoms with van der Waals surface area (Å²) in [6.45, 7) is 6.55. The Morgan fingerprint density at radius 1 is 1.10 bits per heavy atom. The Kier molecular flexibility index (Phi) is 6.82. The molecule has 5 heterocycles. The number of carbonyl (C=O) groups excluding carboxylic acids is 1. The molecule has 9 nitrogen and oxygen atoms in total. The van der Waals surface area contributed by atoms with Crippen molar-refractivity contribution < 1.29 is 4.79 Å². The number of para-hydroxylation sites is 1. The third kappa shape index (κ3) is 4.58. The zero-order valence-electron chi connectivity index (χ0n) is 23.8. The van der Waals surface area contributed by atoms with Crippen molar-refractivity contribution in [3.8, 4) is 11.3 Å². The second-order valence-corrected chi connectivity index (χ2v) is 11.6. The minimum Gasteiger partial charge on any atom is -0.359 e. The van der Waals surface area contributed by atoms with E-state index >= 15 is 0 Å². The molecular weight excluding hydrogens is 639 g/mol. The van der Waals surface area contributed by atoms with E-state index in [0.29, 0.717) is 18.3 Å². The summed E-state index contributed by atoms with van der Waals surface area (Å²) in [5, 5.41) is 8.70. The number of carbonyl (C=O) groups is 1. The molecule has 2 aliphatic heterocycles. The van der Waals surface area contributed by atoms with E-state index in [1.165, 1.54) is 11.1 Å². The summed E-state index contributed by atoms with van der Waals surface area (Å²) in [7, 11) is 1.91. The highest BCUT2D eigenvalue weighted by Gasteiger charge is 2.32. The molecule has 2 aromatic carbocycles. The number of aryl methyl sites for hydroxylation is 3. The van der Waals surface area contributed by atoms with Crippen molar-refractivity contribution in [2.45, 2.75) is 26.8 Å². The Hall–Kier alpha value is -4.03. The number of hydrogen-bond acceptors (Lipinski definition) is 6. The Bertz CT molecular complexity index is 1870. The molecule has 0 atom stereocenters. The zero-order valence-corrected chi connectivity index (χ0v) is 25.9. The van der Waals surface area contributed by atoms with Crippen molar-refractivity contribution in [1.82, 2.24) is 29.6 Å². The molecule has 0 saturated carbocycles. The average molecular weight is 671 g/mol. The van der Waals surface area contributed by atoms with Crippen LogP contribution in [0, 0.1) is 13.8 Å². The quantitative estimate of drug-likeness (QED) is 0.124. The number of hydrogen-bond donors (Lipinski definition) is 2. The first-order valence-electron chi connectivity index (χ1n) is 14.0. The topological polar surface area (TPSA) is 95.0 Å². The molecule has 7 rings (SSSR count). The number of aromatic nitrogens is 5. The fourth-order valence-corrected chi connectivity index (χ4v) is 6.58. The molecule has 10 heteroatoms. The molecule has 5 aromatic rings. The van der Waals surface area contributed by atoms with E-state index in [1.807, 2.05) is 73.2 Å². The van der Waals surface area contributed by atoms with Gasteiger partial charge in [0.1, 0.15) is 0 Å². The van der Waals surface area contributed by atoms with E-state index in [1.54, 1.807) is 0 Å². The van der Waals surface area contributed by atoms with Crippen LogP contribution < -0.4 is 10.2 Å². The normalized spacial score (nSPS) is 15.4. The third-order valence-corrected chi connectivity index (χ3v) is 9.31. The fraction of sp³-hybridized carbons (Fsp3) is 0.250. The SMILES string of the molecule is Cc1cnc(Nc2cc(C)n(C)n2)nc1-c1c[nH]c2c(N3Cc4c(cccc4C4=CCN(CI)CC4)C3=O)cccc12. The summed E-state index contributed by atoms with van der Waals surface area (Å²) in [4.78, 5) is 30.9. The summed E-state index contributed by atoms with van der Waals surface area (Å²) in [5.74, 6) is 1.22. The molecular formula is C32H31IN8O. The summed E-state index contributed by atoms with van der Waals surface area (Å²) in [6.07, 6.45) is 7.12. The van der Waals surface area contributed by atoms with Crippen molar-refractivity contribution in [1.29, 1.82) is 0 Å². The fourth-order valence-electron chi connectivity index (χ4n) is 5.96. The molecule has 0 fully saturated rings. The Balaban J connectivity index is 1.23. The maximum atomic E-state index is 13.8. The summed E-state index contributed by atoms with van der Waals surface area (Å²) in [6, 6.07) is 14.2. The van der Waals surface area contributed by atoms with Gasteiger partial charge in [-0.25, -0.2) is 9.97 Å². The van der Waals surface area contributed by atoms with Gasteiger partial charge in [-0.15, -0.1) is 0 Å². The Labute approximate surface area is 257 Å². The molecule has 0 aliphatic carbocycles. The number of H-pyrrole nitrogens is 1. The van der Waals surface area contributed by atoms with E-state index in [9.17, 15) is 4.79 Å². The first-order chi connectivity index (χ1) is 20.4. The van der Waals surface area contributed by atoms with E-state index in [-0.39, 0.29) is 5.91 Å². The van der Waals surface area contributed by atoms with Gasteiger partial charge in [-0.3, -0.25) is 14.4 Å². The number of halogens is 1. The summed E-state index contributed by atoms with van der Waals surface area (Å²) < 4.78 is 2.84. The van der Waals surface area contributed by atoms with E-state index in [2.05, 4.69) is 66.1 Å². The lowest BCUT2D eigenvalue weighted by Crippen LogP contribution is -2.27. The van der Waals surface area contributed by atoms with Gasteiger partial charge >= 0.3 is 0 Å². The smallest absolute Gasteiger partial charge is 0.259 e. The molecule has 2 N–H and O–H groups in total. The second kappa shape index (κ2) is 10.7. The molecule has 0 unspecified atom stereocenters. The number of nitrogens with one attached hydrogen (secondary N) is 2. The zero-order chi connectivity index (χ0) is 29.0. The third-order valence-electron chi connectivity index (χ3n) is 8.34. The van der Waals surface area contributed by atoms with Crippen LogP contribution in [0.2, 0.25) is 0 Å². The van der Waals surface area contributed by atoms with Crippen molar-refractivity contribution in [3.63, 3.8) is 0 Å². The second-order valence-electron chi connectivity index (χ2n) is 10.9. The number of aromatic amines is 1. The first-order valence-corrected chi connectivity index (χ1v) is 15.6. The van der Waals surface area contributed by atoms with Crippen LogP contribution >= 0.6 is 22.6 Å². The van der Waals surface area contributed by atoms with Crippen LogP contribution in [0.5, 0.6) is 0 Å². The molecule has 1 amide bonds. The Morgan fingerprint density at radius 3 is 2.69 bits per heavy atom. The van der Waals surface area contributed by atoms with Crippen molar-refractivity contribution >= 4 is 62.4 Å². The van der Waals surface area contributed by atoms with Crippen LogP contribution in [0.25, 0.3) is 27.7 Å². The van der Waals surface area contributed by atoms with Crippen molar-refractivity contribution in [2.75, 3.05) is 27.9 Å². The number of anilines is 3. The molecule has 3 aromatic heterocycles. The maximum Gasteiger partial charge on any atom is 0.259 e. The number of fused-ring (bicyclic) bond motifs is 2. The van der Waals surface area contributed by atoms with E-state index in [0.717, 1.165) is 74.3 Å².